The van der Waals surface area contributed by atoms with Crippen molar-refractivity contribution in [2.75, 3.05) is 13.2 Å². The highest BCUT2D eigenvalue weighted by Gasteiger charge is 2.12. The third-order valence-electron chi connectivity index (χ3n) is 3.85. The van der Waals surface area contributed by atoms with Gasteiger partial charge in [0.1, 0.15) is 11.6 Å². The Morgan fingerprint density at radius 2 is 1.95 bits per heavy atom. The Morgan fingerprint density at radius 3 is 2.81 bits per heavy atom. The maximum Gasteiger partial charge on any atom is 0.127 e. The van der Waals surface area contributed by atoms with Crippen molar-refractivity contribution < 1.29 is 9.13 Å². The zero-order valence-electron chi connectivity index (χ0n) is 12.3. The van der Waals surface area contributed by atoms with Gasteiger partial charge >= 0.3 is 0 Å². The lowest BCUT2D eigenvalue weighted by molar-refractivity contribution is 0.288. The molecule has 0 unspecified atom stereocenters. The van der Waals surface area contributed by atoms with E-state index in [-0.39, 0.29) is 5.82 Å². The average Bonchev–Trinajstić information content (AvgIpc) is 2.53. The van der Waals surface area contributed by atoms with E-state index in [0.717, 1.165) is 42.9 Å². The van der Waals surface area contributed by atoms with Gasteiger partial charge in [-0.2, -0.15) is 0 Å². The zero-order chi connectivity index (χ0) is 14.7. The summed E-state index contributed by atoms with van der Waals surface area (Å²) in [6.07, 6.45) is 2.11. The molecule has 0 fully saturated rings. The number of benzene rings is 2. The first-order chi connectivity index (χ1) is 10.3. The van der Waals surface area contributed by atoms with Crippen molar-refractivity contribution in [3.8, 4) is 16.9 Å². The number of fused-ring (bicyclic) bond motifs is 1. The van der Waals surface area contributed by atoms with Gasteiger partial charge in [0.15, 0.2) is 0 Å². The predicted octanol–water partition coefficient (Wildman–Crippen LogP) is 3.93. The normalized spacial score (nSPS) is 13.6. The molecule has 2 nitrogen and oxygen atoms in total. The lowest BCUT2D eigenvalue weighted by Crippen LogP contribution is -2.13. The van der Waals surface area contributed by atoms with E-state index in [4.69, 9.17) is 4.74 Å². The molecule has 2 aromatic rings. The molecule has 0 spiro atoms. The lowest BCUT2D eigenvalue weighted by Gasteiger charge is -2.18. The second-order valence-corrected chi connectivity index (χ2v) is 5.36. The van der Waals surface area contributed by atoms with Gasteiger partial charge in [-0.05, 0) is 60.3 Å². The summed E-state index contributed by atoms with van der Waals surface area (Å²) in [6.45, 7) is 4.21. The minimum absolute atomic E-state index is 0.152. The van der Waals surface area contributed by atoms with E-state index in [2.05, 4.69) is 17.4 Å². The van der Waals surface area contributed by atoms with Crippen molar-refractivity contribution in [3.63, 3.8) is 0 Å². The van der Waals surface area contributed by atoms with E-state index in [9.17, 15) is 4.39 Å². The molecule has 0 bridgehead atoms. The second kappa shape index (κ2) is 6.27. The molecule has 0 aliphatic carbocycles. The Kier molecular flexibility index (Phi) is 4.20. The Hall–Kier alpha value is -1.87. The summed E-state index contributed by atoms with van der Waals surface area (Å²) in [5.74, 6) is 0.834. The summed E-state index contributed by atoms with van der Waals surface area (Å²) in [7, 11) is 0. The molecule has 1 aliphatic heterocycles. The molecule has 21 heavy (non-hydrogen) atoms. The molecule has 0 aromatic heterocycles. The predicted molar refractivity (Wildman–Crippen MR) is 83.0 cm³/mol. The maximum absolute atomic E-state index is 13.8. The molecule has 1 N–H and O–H groups in total. The molecule has 0 atom stereocenters. The number of halogens is 1. The van der Waals surface area contributed by atoms with Gasteiger partial charge < -0.3 is 10.1 Å². The Balaban J connectivity index is 1.92. The molecular weight excluding hydrogens is 265 g/mol. The largest absolute Gasteiger partial charge is 0.493 e. The number of nitrogens with one attached hydrogen (secondary N) is 1. The van der Waals surface area contributed by atoms with Crippen LogP contribution >= 0.6 is 0 Å². The molecule has 0 saturated carbocycles. The van der Waals surface area contributed by atoms with Crippen LogP contribution in [0.3, 0.4) is 0 Å². The molecule has 1 aliphatic rings. The third kappa shape index (κ3) is 3.08. The van der Waals surface area contributed by atoms with E-state index < -0.39 is 0 Å². The molecule has 0 radical (unpaired) electrons. The van der Waals surface area contributed by atoms with Crippen molar-refractivity contribution >= 4 is 0 Å². The summed E-state index contributed by atoms with van der Waals surface area (Å²) < 4.78 is 19.5. The molecule has 0 saturated heterocycles. The molecule has 3 rings (SSSR count). The van der Waals surface area contributed by atoms with Crippen molar-refractivity contribution in [1.29, 1.82) is 0 Å². The Labute approximate surface area is 125 Å². The van der Waals surface area contributed by atoms with Crippen LogP contribution in [-0.4, -0.2) is 13.2 Å². The molecule has 1 heterocycles. The fourth-order valence-electron chi connectivity index (χ4n) is 2.69. The van der Waals surface area contributed by atoms with Gasteiger partial charge in [-0.25, -0.2) is 4.39 Å². The molecule has 2 aromatic carbocycles. The number of hydrogen-bond donors (Lipinski definition) is 1. The van der Waals surface area contributed by atoms with Crippen molar-refractivity contribution in [3.05, 3.63) is 53.3 Å². The summed E-state index contributed by atoms with van der Waals surface area (Å²) >= 11 is 0. The van der Waals surface area contributed by atoms with E-state index >= 15 is 0 Å². The molecule has 0 amide bonds. The molecular formula is C18H20FNO. The fraction of sp³-hybridized carbons (Fsp3) is 0.333. The highest BCUT2D eigenvalue weighted by molar-refractivity contribution is 5.66. The number of aryl methyl sites for hydroxylation is 1. The number of hydrogen-bond acceptors (Lipinski definition) is 2. The van der Waals surface area contributed by atoms with Crippen LogP contribution in [0.1, 0.15) is 24.5 Å². The third-order valence-corrected chi connectivity index (χ3v) is 3.85. The van der Waals surface area contributed by atoms with E-state index in [1.54, 1.807) is 6.07 Å². The van der Waals surface area contributed by atoms with Gasteiger partial charge in [-0.3, -0.25) is 0 Å². The van der Waals surface area contributed by atoms with Gasteiger partial charge in [-0.1, -0.05) is 19.1 Å². The first-order valence-corrected chi connectivity index (χ1v) is 7.53. The van der Waals surface area contributed by atoms with E-state index in [1.807, 2.05) is 25.1 Å². The van der Waals surface area contributed by atoms with Crippen LogP contribution in [0.2, 0.25) is 0 Å². The topological polar surface area (TPSA) is 21.3 Å². The Morgan fingerprint density at radius 1 is 1.14 bits per heavy atom. The van der Waals surface area contributed by atoms with Crippen molar-refractivity contribution in [1.82, 2.24) is 5.32 Å². The van der Waals surface area contributed by atoms with E-state index in [0.29, 0.717) is 12.1 Å². The molecule has 3 heteroatoms. The second-order valence-electron chi connectivity index (χ2n) is 5.36. The molecule has 110 valence electrons. The van der Waals surface area contributed by atoms with E-state index in [1.165, 1.54) is 5.56 Å². The standard InChI is InChI=1S/C18H20FNO/c1-2-20-12-16-11-13(5-7-17(16)19)14-6-8-18-15(10-14)4-3-9-21-18/h5-8,10-11,20H,2-4,9,12H2,1H3. The summed E-state index contributed by atoms with van der Waals surface area (Å²) in [5.41, 5.74) is 4.13. The van der Waals surface area contributed by atoms with Gasteiger partial charge in [0.05, 0.1) is 6.61 Å². The van der Waals surface area contributed by atoms with Crippen LogP contribution in [0.25, 0.3) is 11.1 Å². The minimum atomic E-state index is -0.152. The van der Waals surface area contributed by atoms with Gasteiger partial charge in [-0.15, -0.1) is 0 Å². The number of ether oxygens (including phenoxy) is 1. The first kappa shape index (κ1) is 14.1. The highest BCUT2D eigenvalue weighted by Crippen LogP contribution is 2.30. The van der Waals surface area contributed by atoms with Crippen LogP contribution in [-0.2, 0) is 13.0 Å². The lowest BCUT2D eigenvalue weighted by atomic mass is 9.97. The van der Waals surface area contributed by atoms with Gasteiger partial charge in [0.25, 0.3) is 0 Å². The van der Waals surface area contributed by atoms with Crippen LogP contribution in [0.15, 0.2) is 36.4 Å². The average molecular weight is 285 g/mol. The Bertz CT molecular complexity index is 639. The quantitative estimate of drug-likeness (QED) is 0.919. The highest BCUT2D eigenvalue weighted by atomic mass is 19.1. The maximum atomic E-state index is 13.8. The summed E-state index contributed by atoms with van der Waals surface area (Å²) in [6, 6.07) is 11.6. The van der Waals surface area contributed by atoms with Gasteiger partial charge in [0.2, 0.25) is 0 Å². The van der Waals surface area contributed by atoms with Gasteiger partial charge in [0, 0.05) is 12.1 Å². The smallest absolute Gasteiger partial charge is 0.127 e. The van der Waals surface area contributed by atoms with Crippen LogP contribution in [0, 0.1) is 5.82 Å². The van der Waals surface area contributed by atoms with Crippen molar-refractivity contribution in [2.24, 2.45) is 0 Å². The monoisotopic (exact) mass is 285 g/mol. The SMILES string of the molecule is CCNCc1cc(-c2ccc3c(c2)CCCO3)ccc1F. The summed E-state index contributed by atoms with van der Waals surface area (Å²) in [4.78, 5) is 0. The fourth-order valence-corrected chi connectivity index (χ4v) is 2.69. The zero-order valence-corrected chi connectivity index (χ0v) is 12.3. The summed E-state index contributed by atoms with van der Waals surface area (Å²) in [5, 5.41) is 3.17. The van der Waals surface area contributed by atoms with Crippen LogP contribution < -0.4 is 10.1 Å². The van der Waals surface area contributed by atoms with Crippen LogP contribution in [0.4, 0.5) is 4.39 Å². The number of rotatable bonds is 4. The first-order valence-electron chi connectivity index (χ1n) is 7.53. The van der Waals surface area contributed by atoms with Crippen molar-refractivity contribution in [2.45, 2.75) is 26.3 Å². The minimum Gasteiger partial charge on any atom is -0.493 e. The van der Waals surface area contributed by atoms with Crippen LogP contribution in [0.5, 0.6) is 5.75 Å².